The first-order valence-electron chi connectivity index (χ1n) is 9.46. The Hall–Kier alpha value is -2.87. The molecule has 30 heavy (non-hydrogen) atoms. The van der Waals surface area contributed by atoms with Crippen molar-refractivity contribution in [3.8, 4) is 5.75 Å². The lowest BCUT2D eigenvalue weighted by atomic mass is 9.97. The van der Waals surface area contributed by atoms with Gasteiger partial charge in [-0.05, 0) is 42.3 Å². The van der Waals surface area contributed by atoms with E-state index in [1.54, 1.807) is 41.0 Å². The molecule has 3 aromatic rings. The number of halogens is 1. The van der Waals surface area contributed by atoms with Crippen molar-refractivity contribution >= 4 is 28.4 Å². The fraction of sp³-hybridized carbons (Fsp3) is 0.273. The second-order valence-corrected chi connectivity index (χ2v) is 7.98. The first kappa shape index (κ1) is 20.4. The molecular weight excluding hydrogens is 408 g/mol. The number of rotatable bonds is 5. The van der Waals surface area contributed by atoms with E-state index in [1.165, 1.54) is 6.20 Å². The summed E-state index contributed by atoms with van der Waals surface area (Å²) in [5, 5.41) is 23.6. The van der Waals surface area contributed by atoms with Crippen molar-refractivity contribution in [3.05, 3.63) is 74.5 Å². The van der Waals surface area contributed by atoms with Crippen LogP contribution in [-0.2, 0) is 12.1 Å². The molecule has 8 heteroatoms. The van der Waals surface area contributed by atoms with Gasteiger partial charge in [0.05, 0.1) is 24.1 Å². The molecule has 0 unspecified atom stereocenters. The number of amides is 1. The highest BCUT2D eigenvalue weighted by molar-refractivity contribution is 6.30. The van der Waals surface area contributed by atoms with E-state index in [-0.39, 0.29) is 18.7 Å². The quantitative estimate of drug-likeness (QED) is 0.576. The number of nitrogens with zero attached hydrogens (tertiary/aromatic N) is 1. The molecule has 1 aromatic heterocycles. The summed E-state index contributed by atoms with van der Waals surface area (Å²) in [5.41, 5.74) is 0.409. The van der Waals surface area contributed by atoms with Gasteiger partial charge in [0, 0.05) is 17.8 Å². The number of hydrogen-bond acceptors (Lipinski definition) is 5. The van der Waals surface area contributed by atoms with Crippen LogP contribution in [0.25, 0.3) is 10.9 Å². The van der Waals surface area contributed by atoms with Gasteiger partial charge in [-0.15, -0.1) is 0 Å². The average Bonchev–Trinajstić information content (AvgIpc) is 2.75. The van der Waals surface area contributed by atoms with Crippen LogP contribution in [0.15, 0.2) is 47.4 Å². The first-order chi connectivity index (χ1) is 14.4. The third-order valence-electron chi connectivity index (χ3n) is 5.41. The monoisotopic (exact) mass is 428 g/mol. The van der Waals surface area contributed by atoms with Crippen molar-refractivity contribution in [3.63, 3.8) is 0 Å². The lowest BCUT2D eigenvalue weighted by molar-refractivity contribution is 0.0182. The number of ether oxygens (including phenoxy) is 1. The minimum Gasteiger partial charge on any atom is -0.489 e. The Bertz CT molecular complexity index is 1180. The van der Waals surface area contributed by atoms with E-state index in [0.717, 1.165) is 11.1 Å². The Morgan fingerprint density at radius 1 is 1.23 bits per heavy atom. The molecule has 1 amide bonds. The molecular formula is C22H21ClN2O5. The van der Waals surface area contributed by atoms with Crippen LogP contribution in [0, 0.1) is 6.92 Å². The number of carbonyl (C=O) groups excluding carboxylic acids is 1. The molecule has 4 rings (SSSR count). The van der Waals surface area contributed by atoms with Gasteiger partial charge in [0.15, 0.2) is 0 Å². The minimum atomic E-state index is -1.18. The lowest BCUT2D eigenvalue weighted by Gasteiger charge is -2.38. The summed E-state index contributed by atoms with van der Waals surface area (Å²) in [7, 11) is 0. The van der Waals surface area contributed by atoms with Crippen LogP contribution >= 0.6 is 11.6 Å². The number of aliphatic hydroxyl groups is 2. The molecule has 0 aliphatic carbocycles. The fourth-order valence-electron chi connectivity index (χ4n) is 3.67. The number of aliphatic hydroxyl groups excluding tert-OH is 2. The highest BCUT2D eigenvalue weighted by atomic mass is 35.5. The molecule has 0 saturated carbocycles. The maximum absolute atomic E-state index is 13.1. The Balaban J connectivity index is 1.81. The highest BCUT2D eigenvalue weighted by Gasteiger charge is 2.38. The van der Waals surface area contributed by atoms with Gasteiger partial charge in [-0.1, -0.05) is 23.7 Å². The van der Waals surface area contributed by atoms with Crippen LogP contribution in [0.5, 0.6) is 5.75 Å². The SMILES string of the molecule is Cc1cc2c3c(c1)c(=O)c(C(=O)NCc1ccc(Cl)cc1)cn3C(CO)(CO)CO2. The predicted molar refractivity (Wildman–Crippen MR) is 113 cm³/mol. The van der Waals surface area contributed by atoms with E-state index >= 15 is 0 Å². The molecule has 0 saturated heterocycles. The number of benzene rings is 2. The summed E-state index contributed by atoms with van der Waals surface area (Å²) in [4.78, 5) is 26.0. The van der Waals surface area contributed by atoms with Crippen LogP contribution < -0.4 is 15.5 Å². The van der Waals surface area contributed by atoms with E-state index in [1.807, 2.05) is 6.92 Å². The number of pyridine rings is 1. The van der Waals surface area contributed by atoms with Gasteiger partial charge in [0.1, 0.15) is 23.5 Å². The number of aromatic nitrogens is 1. The van der Waals surface area contributed by atoms with Crippen LogP contribution in [-0.4, -0.2) is 40.5 Å². The van der Waals surface area contributed by atoms with Gasteiger partial charge in [-0.3, -0.25) is 9.59 Å². The molecule has 7 nitrogen and oxygen atoms in total. The Morgan fingerprint density at radius 3 is 2.60 bits per heavy atom. The molecule has 0 fully saturated rings. The molecule has 2 aromatic carbocycles. The third kappa shape index (κ3) is 3.35. The second kappa shape index (κ2) is 7.75. The number of aryl methyl sites for hydroxylation is 1. The van der Waals surface area contributed by atoms with Gasteiger partial charge in [-0.25, -0.2) is 0 Å². The summed E-state index contributed by atoms with van der Waals surface area (Å²) < 4.78 is 7.35. The van der Waals surface area contributed by atoms with E-state index in [9.17, 15) is 19.8 Å². The molecule has 0 atom stereocenters. The molecule has 1 aliphatic rings. The van der Waals surface area contributed by atoms with E-state index in [2.05, 4.69) is 5.32 Å². The van der Waals surface area contributed by atoms with Gasteiger partial charge in [-0.2, -0.15) is 0 Å². The second-order valence-electron chi connectivity index (χ2n) is 7.54. The summed E-state index contributed by atoms with van der Waals surface area (Å²) >= 11 is 5.88. The van der Waals surface area contributed by atoms with Gasteiger partial charge < -0.3 is 24.8 Å². The van der Waals surface area contributed by atoms with E-state index in [0.29, 0.717) is 21.7 Å². The standard InChI is InChI=1S/C22H21ClN2O5/c1-13-6-16-19-18(7-13)30-12-22(10-26,11-27)25(19)9-17(20(16)28)21(29)24-8-14-2-4-15(23)5-3-14/h2-7,9,26-27H,8,10-12H2,1H3,(H,24,29). The van der Waals surface area contributed by atoms with Gasteiger partial charge in [0.2, 0.25) is 5.43 Å². The molecule has 156 valence electrons. The van der Waals surface area contributed by atoms with Crippen molar-refractivity contribution in [1.29, 1.82) is 0 Å². The zero-order chi connectivity index (χ0) is 21.5. The molecule has 1 aliphatic heterocycles. The van der Waals surface area contributed by atoms with Crippen molar-refractivity contribution in [2.24, 2.45) is 0 Å². The van der Waals surface area contributed by atoms with Crippen molar-refractivity contribution in [2.45, 2.75) is 19.0 Å². The predicted octanol–water partition coefficient (Wildman–Crippen LogP) is 1.97. The summed E-state index contributed by atoms with van der Waals surface area (Å²) in [6.07, 6.45) is 1.40. The average molecular weight is 429 g/mol. The van der Waals surface area contributed by atoms with Crippen LogP contribution in [0.3, 0.4) is 0 Å². The zero-order valence-electron chi connectivity index (χ0n) is 16.3. The lowest BCUT2D eigenvalue weighted by Crippen LogP contribution is -2.49. The van der Waals surface area contributed by atoms with E-state index in [4.69, 9.17) is 16.3 Å². The molecule has 3 N–H and O–H groups in total. The molecule has 0 bridgehead atoms. The maximum Gasteiger partial charge on any atom is 0.257 e. The molecule has 2 heterocycles. The van der Waals surface area contributed by atoms with Crippen LogP contribution in [0.2, 0.25) is 5.02 Å². The summed E-state index contributed by atoms with van der Waals surface area (Å²) in [6.45, 7) is 1.23. The van der Waals surface area contributed by atoms with Crippen molar-refractivity contribution < 1.29 is 19.7 Å². The Labute approximate surface area is 177 Å². The number of hydrogen-bond donors (Lipinski definition) is 3. The normalized spacial score (nSPS) is 14.4. The zero-order valence-corrected chi connectivity index (χ0v) is 17.1. The largest absolute Gasteiger partial charge is 0.489 e. The number of carbonyl (C=O) groups is 1. The summed E-state index contributed by atoms with van der Waals surface area (Å²) in [6, 6.07) is 10.5. The minimum absolute atomic E-state index is 0.0141. The van der Waals surface area contributed by atoms with Crippen LogP contribution in [0.4, 0.5) is 0 Å². The molecule has 0 spiro atoms. The number of nitrogens with one attached hydrogen (secondary N) is 1. The Kier molecular flexibility index (Phi) is 5.27. The van der Waals surface area contributed by atoms with Gasteiger partial charge >= 0.3 is 0 Å². The third-order valence-corrected chi connectivity index (χ3v) is 5.67. The van der Waals surface area contributed by atoms with Gasteiger partial charge in [0.25, 0.3) is 5.91 Å². The topological polar surface area (TPSA) is 101 Å². The van der Waals surface area contributed by atoms with Crippen LogP contribution in [0.1, 0.15) is 21.5 Å². The maximum atomic E-state index is 13.1. The van der Waals surface area contributed by atoms with E-state index < -0.39 is 30.1 Å². The summed E-state index contributed by atoms with van der Waals surface area (Å²) in [5.74, 6) is -0.0623. The fourth-order valence-corrected chi connectivity index (χ4v) is 3.79. The highest BCUT2D eigenvalue weighted by Crippen LogP contribution is 2.35. The van der Waals surface area contributed by atoms with Crippen molar-refractivity contribution in [1.82, 2.24) is 9.88 Å². The van der Waals surface area contributed by atoms with Crippen molar-refractivity contribution in [2.75, 3.05) is 19.8 Å². The Morgan fingerprint density at radius 2 is 1.93 bits per heavy atom. The smallest absolute Gasteiger partial charge is 0.257 e. The first-order valence-corrected chi connectivity index (χ1v) is 9.84. The molecule has 0 radical (unpaired) electrons.